The fraction of sp³-hybridized carbons (Fsp3) is 0.0833. The van der Waals surface area contributed by atoms with Crippen LogP contribution >= 0.6 is 11.3 Å². The number of benzene rings is 3. The van der Waals surface area contributed by atoms with Crippen molar-refractivity contribution in [3.8, 4) is 22.1 Å². The Morgan fingerprint density at radius 1 is 1.03 bits per heavy atom. The molecule has 0 unspecified atom stereocenters. The molecule has 156 valence electrons. The number of thiazole rings is 1. The fourth-order valence-electron chi connectivity index (χ4n) is 2.88. The van der Waals surface area contributed by atoms with Gasteiger partial charge in [-0.05, 0) is 54.1 Å². The normalized spacial score (nSPS) is 10.5. The maximum absolute atomic E-state index is 13.1. The molecule has 0 atom stereocenters. The minimum absolute atomic E-state index is 0.285. The summed E-state index contributed by atoms with van der Waals surface area (Å²) in [5, 5.41) is 5.22. The van der Waals surface area contributed by atoms with E-state index >= 15 is 0 Å². The molecule has 4 rings (SSSR count). The first-order chi connectivity index (χ1) is 15.1. The van der Waals surface area contributed by atoms with Gasteiger partial charge in [-0.2, -0.15) is 0 Å². The van der Waals surface area contributed by atoms with E-state index in [2.05, 4.69) is 10.3 Å². The number of halogens is 1. The first kappa shape index (κ1) is 20.6. The van der Waals surface area contributed by atoms with Gasteiger partial charge in [0.1, 0.15) is 34.6 Å². The molecule has 0 bridgehead atoms. The highest BCUT2D eigenvalue weighted by Gasteiger charge is 2.15. The average Bonchev–Trinajstić information content (AvgIpc) is 3.30. The molecule has 0 saturated heterocycles. The summed E-state index contributed by atoms with van der Waals surface area (Å²) in [6.07, 6.45) is 0. The van der Waals surface area contributed by atoms with Crippen molar-refractivity contribution in [1.82, 2.24) is 4.98 Å². The van der Waals surface area contributed by atoms with E-state index in [4.69, 9.17) is 9.47 Å². The highest BCUT2D eigenvalue weighted by molar-refractivity contribution is 7.13. The summed E-state index contributed by atoms with van der Waals surface area (Å²) >= 11 is 1.36. The van der Waals surface area contributed by atoms with Crippen LogP contribution in [0.4, 0.5) is 10.1 Å². The monoisotopic (exact) mass is 434 g/mol. The minimum Gasteiger partial charge on any atom is -0.497 e. The number of para-hydroxylation sites is 1. The van der Waals surface area contributed by atoms with E-state index in [-0.39, 0.29) is 11.7 Å². The number of rotatable bonds is 7. The molecule has 0 aliphatic rings. The molecule has 0 fully saturated rings. The van der Waals surface area contributed by atoms with E-state index in [0.29, 0.717) is 34.5 Å². The van der Waals surface area contributed by atoms with Crippen molar-refractivity contribution in [3.63, 3.8) is 0 Å². The van der Waals surface area contributed by atoms with Crippen LogP contribution in [0.2, 0.25) is 0 Å². The Morgan fingerprint density at radius 3 is 2.52 bits per heavy atom. The molecular weight excluding hydrogens is 415 g/mol. The second-order valence-corrected chi connectivity index (χ2v) is 7.49. The number of methoxy groups -OCH3 is 1. The molecule has 0 saturated carbocycles. The molecule has 5 nitrogen and oxygen atoms in total. The van der Waals surface area contributed by atoms with Gasteiger partial charge >= 0.3 is 0 Å². The summed E-state index contributed by atoms with van der Waals surface area (Å²) < 4.78 is 24.1. The number of carbonyl (C=O) groups is 1. The smallest absolute Gasteiger partial charge is 0.275 e. The number of carbonyl (C=O) groups excluding carboxylic acids is 1. The third-order valence-electron chi connectivity index (χ3n) is 4.51. The van der Waals surface area contributed by atoms with Crippen molar-refractivity contribution >= 4 is 22.9 Å². The van der Waals surface area contributed by atoms with E-state index in [0.717, 1.165) is 11.1 Å². The molecule has 1 N–H and O–H groups in total. The van der Waals surface area contributed by atoms with Crippen molar-refractivity contribution in [2.75, 3.05) is 12.4 Å². The van der Waals surface area contributed by atoms with Crippen LogP contribution in [0.5, 0.6) is 11.5 Å². The molecule has 0 radical (unpaired) electrons. The van der Waals surface area contributed by atoms with Gasteiger partial charge in [-0.1, -0.05) is 24.3 Å². The van der Waals surface area contributed by atoms with Crippen LogP contribution in [0.3, 0.4) is 0 Å². The summed E-state index contributed by atoms with van der Waals surface area (Å²) in [5.74, 6) is 0.777. The number of ether oxygens (including phenoxy) is 2. The number of hydrogen-bond donors (Lipinski definition) is 1. The van der Waals surface area contributed by atoms with Gasteiger partial charge in [-0.15, -0.1) is 11.3 Å². The first-order valence-corrected chi connectivity index (χ1v) is 10.4. The van der Waals surface area contributed by atoms with Crippen molar-refractivity contribution in [2.24, 2.45) is 0 Å². The first-order valence-electron chi connectivity index (χ1n) is 9.50. The summed E-state index contributed by atoms with van der Waals surface area (Å²) in [7, 11) is 1.59. The van der Waals surface area contributed by atoms with Crippen LogP contribution in [0.15, 0.2) is 78.2 Å². The third kappa shape index (κ3) is 5.07. The highest BCUT2D eigenvalue weighted by Crippen LogP contribution is 2.33. The lowest BCUT2D eigenvalue weighted by molar-refractivity contribution is 0.102. The molecule has 3 aromatic carbocycles. The second-order valence-electron chi connectivity index (χ2n) is 6.63. The Balaban J connectivity index is 1.48. The highest BCUT2D eigenvalue weighted by atomic mass is 32.1. The Kier molecular flexibility index (Phi) is 6.24. The quantitative estimate of drug-likeness (QED) is 0.400. The predicted molar refractivity (Wildman–Crippen MR) is 119 cm³/mol. The minimum atomic E-state index is -0.294. The molecule has 0 aliphatic carbocycles. The van der Waals surface area contributed by atoms with Crippen LogP contribution < -0.4 is 14.8 Å². The lowest BCUT2D eigenvalue weighted by Crippen LogP contribution is -2.12. The van der Waals surface area contributed by atoms with Gasteiger partial charge in [0.05, 0.1) is 12.7 Å². The Labute approximate surface area is 183 Å². The Hall–Kier alpha value is -3.71. The van der Waals surface area contributed by atoms with Gasteiger partial charge in [-0.25, -0.2) is 9.37 Å². The third-order valence-corrected chi connectivity index (χ3v) is 5.39. The van der Waals surface area contributed by atoms with E-state index in [1.165, 1.54) is 23.5 Å². The van der Waals surface area contributed by atoms with E-state index in [9.17, 15) is 9.18 Å². The maximum atomic E-state index is 13.1. The number of nitrogens with one attached hydrogen (secondary N) is 1. The molecular formula is C24H19FN2O3S. The lowest BCUT2D eigenvalue weighted by atomic mass is 10.2. The topological polar surface area (TPSA) is 60.5 Å². The SMILES string of the molecule is COc1ccc(NC(=O)c2csc(-c3ccccc3OCc3ccc(F)cc3)n2)cc1. The molecule has 7 heteroatoms. The Bertz CT molecular complexity index is 1170. The van der Waals surface area contributed by atoms with Gasteiger partial charge in [0.2, 0.25) is 0 Å². The van der Waals surface area contributed by atoms with Crippen LogP contribution in [-0.4, -0.2) is 18.0 Å². The average molecular weight is 434 g/mol. The fourth-order valence-corrected chi connectivity index (χ4v) is 3.71. The number of hydrogen-bond acceptors (Lipinski definition) is 5. The number of anilines is 1. The van der Waals surface area contributed by atoms with Gasteiger partial charge in [0, 0.05) is 11.1 Å². The van der Waals surface area contributed by atoms with E-state index < -0.39 is 0 Å². The largest absolute Gasteiger partial charge is 0.497 e. The zero-order valence-electron chi connectivity index (χ0n) is 16.7. The number of aromatic nitrogens is 1. The van der Waals surface area contributed by atoms with Gasteiger partial charge in [0.25, 0.3) is 5.91 Å². The predicted octanol–water partition coefficient (Wildman–Crippen LogP) is 5.79. The van der Waals surface area contributed by atoms with Gasteiger partial charge in [0.15, 0.2) is 0 Å². The van der Waals surface area contributed by atoms with Crippen molar-refractivity contribution in [3.05, 3.63) is 95.3 Å². The van der Waals surface area contributed by atoms with Crippen LogP contribution in [-0.2, 0) is 6.61 Å². The molecule has 31 heavy (non-hydrogen) atoms. The second kappa shape index (κ2) is 9.40. The standard InChI is InChI=1S/C24H19FN2O3S/c1-29-19-12-10-18(11-13-19)26-23(28)21-15-31-24(27-21)20-4-2-3-5-22(20)30-14-16-6-8-17(25)9-7-16/h2-13,15H,14H2,1H3,(H,26,28). The molecule has 1 aromatic heterocycles. The van der Waals surface area contributed by atoms with Crippen molar-refractivity contribution in [2.45, 2.75) is 6.61 Å². The molecule has 1 heterocycles. The van der Waals surface area contributed by atoms with Gasteiger partial charge < -0.3 is 14.8 Å². The zero-order chi connectivity index (χ0) is 21.6. The van der Waals surface area contributed by atoms with Crippen molar-refractivity contribution < 1.29 is 18.7 Å². The summed E-state index contributed by atoms with van der Waals surface area (Å²) in [5.41, 5.74) is 2.63. The van der Waals surface area contributed by atoms with Crippen LogP contribution in [0.25, 0.3) is 10.6 Å². The van der Waals surface area contributed by atoms with Gasteiger partial charge in [-0.3, -0.25) is 4.79 Å². The summed E-state index contributed by atoms with van der Waals surface area (Å²) in [4.78, 5) is 17.1. The number of nitrogens with zero attached hydrogens (tertiary/aromatic N) is 1. The van der Waals surface area contributed by atoms with Crippen molar-refractivity contribution in [1.29, 1.82) is 0 Å². The van der Waals surface area contributed by atoms with Crippen LogP contribution in [0.1, 0.15) is 16.1 Å². The molecule has 0 aliphatic heterocycles. The maximum Gasteiger partial charge on any atom is 0.275 e. The van der Waals surface area contributed by atoms with E-state index in [1.807, 2.05) is 24.3 Å². The van der Waals surface area contributed by atoms with Crippen LogP contribution in [0, 0.1) is 5.82 Å². The Morgan fingerprint density at radius 2 is 1.77 bits per heavy atom. The number of amides is 1. The zero-order valence-corrected chi connectivity index (χ0v) is 17.5. The molecule has 4 aromatic rings. The summed E-state index contributed by atoms with van der Waals surface area (Å²) in [6, 6.07) is 20.7. The molecule has 1 amide bonds. The summed E-state index contributed by atoms with van der Waals surface area (Å²) in [6.45, 7) is 0.299. The lowest BCUT2D eigenvalue weighted by Gasteiger charge is -2.10. The van der Waals surface area contributed by atoms with E-state index in [1.54, 1.807) is 48.9 Å². The molecule has 0 spiro atoms.